The fourth-order valence-electron chi connectivity index (χ4n) is 0.984. The molecular formula is C10H13NO4. The molecule has 0 spiro atoms. The highest BCUT2D eigenvalue weighted by Crippen LogP contribution is 2.01. The number of carbonyl (C=O) groups is 1. The van der Waals surface area contributed by atoms with E-state index in [1.165, 1.54) is 0 Å². The summed E-state index contributed by atoms with van der Waals surface area (Å²) in [5.74, 6) is -0.604. The van der Waals surface area contributed by atoms with Crippen molar-refractivity contribution < 1.29 is 19.7 Å². The lowest BCUT2D eigenvalue weighted by Crippen LogP contribution is -2.36. The molecule has 0 aliphatic rings. The second-order valence-electron chi connectivity index (χ2n) is 3.00. The predicted molar refractivity (Wildman–Crippen MR) is 52.8 cm³/mol. The van der Waals surface area contributed by atoms with Crippen molar-refractivity contribution in [2.75, 3.05) is 6.61 Å². The van der Waals surface area contributed by atoms with Gasteiger partial charge < -0.3 is 10.5 Å². The Bertz CT molecular complexity index is 302. The lowest BCUT2D eigenvalue weighted by Gasteiger charge is -2.09. The number of esters is 1. The molecule has 0 aliphatic heterocycles. The topological polar surface area (TPSA) is 81.8 Å². The van der Waals surface area contributed by atoms with Crippen molar-refractivity contribution in [3.05, 3.63) is 35.9 Å². The van der Waals surface area contributed by atoms with Crippen LogP contribution in [0.3, 0.4) is 0 Å². The molecule has 0 saturated carbocycles. The molecule has 1 aromatic rings. The molecule has 0 unspecified atom stereocenters. The van der Waals surface area contributed by atoms with Crippen molar-refractivity contribution >= 4 is 5.97 Å². The summed E-state index contributed by atoms with van der Waals surface area (Å²) >= 11 is 0. The first kappa shape index (κ1) is 11.6. The molecule has 1 rings (SSSR count). The molecule has 0 heterocycles. The average Bonchev–Trinajstić information content (AvgIpc) is 2.27. The standard InChI is InChI=1S/C10H13NO4/c11-9(7-15-13)10(12)14-6-8-4-2-1-3-5-8/h1-5,9,13H,6-7,11H2/t9-/m0/s1. The number of rotatable bonds is 5. The molecule has 1 aromatic carbocycles. The quantitative estimate of drug-likeness (QED) is 0.422. The fourth-order valence-corrected chi connectivity index (χ4v) is 0.984. The minimum absolute atomic E-state index is 0.165. The number of carbonyl (C=O) groups excluding carboxylic acids is 1. The molecule has 0 saturated heterocycles. The van der Waals surface area contributed by atoms with Gasteiger partial charge in [0, 0.05) is 0 Å². The summed E-state index contributed by atoms with van der Waals surface area (Å²) in [6.45, 7) is -0.105. The van der Waals surface area contributed by atoms with Gasteiger partial charge in [0.1, 0.15) is 19.3 Å². The number of hydrogen-bond acceptors (Lipinski definition) is 5. The van der Waals surface area contributed by atoms with Crippen LogP contribution in [-0.4, -0.2) is 23.9 Å². The maximum Gasteiger partial charge on any atom is 0.325 e. The molecule has 15 heavy (non-hydrogen) atoms. The summed E-state index contributed by atoms with van der Waals surface area (Å²) in [5.41, 5.74) is 6.21. The summed E-state index contributed by atoms with van der Waals surface area (Å²) in [6, 6.07) is 8.28. The Balaban J connectivity index is 2.34. The first-order chi connectivity index (χ1) is 7.24. The third-order valence-corrected chi connectivity index (χ3v) is 1.78. The van der Waals surface area contributed by atoms with Crippen molar-refractivity contribution in [3.63, 3.8) is 0 Å². The Labute approximate surface area is 87.3 Å². The van der Waals surface area contributed by atoms with Crippen LogP contribution in [0, 0.1) is 0 Å². The highest BCUT2D eigenvalue weighted by Gasteiger charge is 2.15. The number of ether oxygens (including phenoxy) is 1. The van der Waals surface area contributed by atoms with E-state index in [1.807, 2.05) is 30.3 Å². The highest BCUT2D eigenvalue weighted by atomic mass is 17.1. The van der Waals surface area contributed by atoms with E-state index in [0.29, 0.717) is 0 Å². The zero-order valence-electron chi connectivity index (χ0n) is 8.13. The molecule has 0 aromatic heterocycles. The molecule has 0 amide bonds. The summed E-state index contributed by atoms with van der Waals surface area (Å²) < 4.78 is 4.89. The summed E-state index contributed by atoms with van der Waals surface area (Å²) in [4.78, 5) is 14.9. The second kappa shape index (κ2) is 6.13. The van der Waals surface area contributed by atoms with Gasteiger partial charge in [-0.05, 0) is 5.56 Å². The Morgan fingerprint density at radius 3 is 2.67 bits per heavy atom. The van der Waals surface area contributed by atoms with Crippen molar-refractivity contribution in [2.45, 2.75) is 12.6 Å². The minimum Gasteiger partial charge on any atom is -0.460 e. The van der Waals surface area contributed by atoms with E-state index in [-0.39, 0.29) is 13.2 Å². The van der Waals surface area contributed by atoms with Gasteiger partial charge in [0.2, 0.25) is 0 Å². The monoisotopic (exact) mass is 211 g/mol. The lowest BCUT2D eigenvalue weighted by atomic mass is 10.2. The molecule has 0 fully saturated rings. The van der Waals surface area contributed by atoms with E-state index in [2.05, 4.69) is 4.89 Å². The summed E-state index contributed by atoms with van der Waals surface area (Å²) in [6.07, 6.45) is 0. The Morgan fingerprint density at radius 2 is 2.07 bits per heavy atom. The van der Waals surface area contributed by atoms with Crippen LogP contribution in [0.25, 0.3) is 0 Å². The molecular weight excluding hydrogens is 198 g/mol. The predicted octanol–water partition coefficient (Wildman–Crippen LogP) is 0.547. The Morgan fingerprint density at radius 1 is 1.40 bits per heavy atom. The van der Waals surface area contributed by atoms with Crippen molar-refractivity contribution in [1.82, 2.24) is 0 Å². The smallest absolute Gasteiger partial charge is 0.325 e. The number of hydrogen-bond donors (Lipinski definition) is 2. The summed E-state index contributed by atoms with van der Waals surface area (Å²) in [5, 5.41) is 8.08. The highest BCUT2D eigenvalue weighted by molar-refractivity contribution is 5.75. The van der Waals surface area contributed by atoms with E-state index in [4.69, 9.17) is 15.7 Å². The molecule has 5 nitrogen and oxygen atoms in total. The van der Waals surface area contributed by atoms with Gasteiger partial charge in [0.05, 0.1) is 0 Å². The van der Waals surface area contributed by atoms with Gasteiger partial charge in [0.25, 0.3) is 0 Å². The van der Waals surface area contributed by atoms with Crippen LogP contribution in [0.5, 0.6) is 0 Å². The first-order valence-corrected chi connectivity index (χ1v) is 4.46. The summed E-state index contributed by atoms with van der Waals surface area (Å²) in [7, 11) is 0. The lowest BCUT2D eigenvalue weighted by molar-refractivity contribution is -0.246. The fraction of sp³-hybridized carbons (Fsp3) is 0.300. The molecule has 3 N–H and O–H groups in total. The zero-order valence-corrected chi connectivity index (χ0v) is 8.13. The molecule has 0 radical (unpaired) electrons. The van der Waals surface area contributed by atoms with Crippen LogP contribution in [0.1, 0.15) is 5.56 Å². The normalized spacial score (nSPS) is 12.1. The van der Waals surface area contributed by atoms with Crippen LogP contribution >= 0.6 is 0 Å². The zero-order chi connectivity index (χ0) is 11.1. The maximum atomic E-state index is 11.2. The van der Waals surface area contributed by atoms with E-state index >= 15 is 0 Å². The van der Waals surface area contributed by atoms with Crippen molar-refractivity contribution in [3.8, 4) is 0 Å². The minimum atomic E-state index is -0.960. The average molecular weight is 211 g/mol. The molecule has 0 bridgehead atoms. The van der Waals surface area contributed by atoms with Gasteiger partial charge in [-0.3, -0.25) is 10.1 Å². The SMILES string of the molecule is N[C@@H](COO)C(=O)OCc1ccccc1. The Kier molecular flexibility index (Phi) is 4.76. The van der Waals surface area contributed by atoms with Crippen molar-refractivity contribution in [2.24, 2.45) is 5.73 Å². The molecule has 0 aliphatic carbocycles. The number of nitrogens with two attached hydrogens (primary N) is 1. The van der Waals surface area contributed by atoms with Gasteiger partial charge >= 0.3 is 5.97 Å². The van der Waals surface area contributed by atoms with Gasteiger partial charge in [0.15, 0.2) is 0 Å². The van der Waals surface area contributed by atoms with Crippen molar-refractivity contribution in [1.29, 1.82) is 0 Å². The molecule has 1 atom stereocenters. The van der Waals surface area contributed by atoms with Crippen LogP contribution in [0.2, 0.25) is 0 Å². The first-order valence-electron chi connectivity index (χ1n) is 4.46. The third-order valence-electron chi connectivity index (χ3n) is 1.78. The molecule has 82 valence electrons. The van der Waals surface area contributed by atoms with Gasteiger partial charge in [-0.2, -0.15) is 0 Å². The van der Waals surface area contributed by atoms with E-state index in [9.17, 15) is 4.79 Å². The molecule has 5 heteroatoms. The van der Waals surface area contributed by atoms with Crippen LogP contribution < -0.4 is 5.73 Å². The van der Waals surface area contributed by atoms with E-state index < -0.39 is 12.0 Å². The Hall–Kier alpha value is -1.43. The van der Waals surface area contributed by atoms with Gasteiger partial charge in [-0.25, -0.2) is 4.89 Å². The third kappa shape index (κ3) is 4.07. The van der Waals surface area contributed by atoms with Crippen LogP contribution in [0.15, 0.2) is 30.3 Å². The van der Waals surface area contributed by atoms with Gasteiger partial charge in [-0.15, -0.1) is 0 Å². The van der Waals surface area contributed by atoms with E-state index in [0.717, 1.165) is 5.56 Å². The number of benzene rings is 1. The largest absolute Gasteiger partial charge is 0.460 e. The van der Waals surface area contributed by atoms with Crippen LogP contribution in [0.4, 0.5) is 0 Å². The van der Waals surface area contributed by atoms with Crippen LogP contribution in [-0.2, 0) is 21.0 Å². The maximum absolute atomic E-state index is 11.2. The van der Waals surface area contributed by atoms with E-state index in [1.54, 1.807) is 0 Å². The van der Waals surface area contributed by atoms with Gasteiger partial charge in [-0.1, -0.05) is 30.3 Å². The second-order valence-corrected chi connectivity index (χ2v) is 3.00.